The van der Waals surface area contributed by atoms with E-state index in [1.165, 1.54) is 0 Å². The summed E-state index contributed by atoms with van der Waals surface area (Å²) in [6.07, 6.45) is 1.73. The van der Waals surface area contributed by atoms with Crippen molar-refractivity contribution in [2.45, 2.75) is 19.9 Å². The number of amides is 3. The molecule has 8 nitrogen and oxygen atoms in total. The summed E-state index contributed by atoms with van der Waals surface area (Å²) >= 11 is 0. The fraction of sp³-hybridized carbons (Fsp3) is 0.217. The van der Waals surface area contributed by atoms with E-state index in [9.17, 15) is 9.59 Å². The maximum atomic E-state index is 12.5. The molecule has 2 aromatic carbocycles. The van der Waals surface area contributed by atoms with Crippen LogP contribution in [0.4, 0.5) is 4.79 Å². The fourth-order valence-corrected chi connectivity index (χ4v) is 3.55. The van der Waals surface area contributed by atoms with Gasteiger partial charge in [0.05, 0.1) is 18.2 Å². The number of para-hydroxylation sites is 2. The molecule has 0 aliphatic rings. The molecule has 0 bridgehead atoms. The number of urea groups is 1. The molecule has 3 amide bonds. The Morgan fingerprint density at radius 2 is 1.94 bits per heavy atom. The zero-order valence-corrected chi connectivity index (χ0v) is 17.6. The summed E-state index contributed by atoms with van der Waals surface area (Å²) < 4.78 is 13.4. The van der Waals surface area contributed by atoms with E-state index in [1.807, 2.05) is 67.1 Å². The van der Waals surface area contributed by atoms with Crippen molar-refractivity contribution >= 4 is 33.8 Å². The Hall–Kier alpha value is -3.94. The number of aromatic nitrogens is 1. The van der Waals surface area contributed by atoms with Gasteiger partial charge in [-0.3, -0.25) is 10.2 Å². The van der Waals surface area contributed by atoms with Gasteiger partial charge in [0.1, 0.15) is 5.76 Å². The van der Waals surface area contributed by atoms with Crippen LogP contribution in [0.15, 0.2) is 59.1 Å². The van der Waals surface area contributed by atoms with Gasteiger partial charge in [0.2, 0.25) is 0 Å². The summed E-state index contributed by atoms with van der Waals surface area (Å²) in [4.78, 5) is 24.9. The van der Waals surface area contributed by atoms with Crippen LogP contribution in [0.25, 0.3) is 21.9 Å². The first kappa shape index (κ1) is 20.3. The molecule has 2 aromatic heterocycles. The van der Waals surface area contributed by atoms with Crippen LogP contribution in [0.5, 0.6) is 5.75 Å². The fourth-order valence-electron chi connectivity index (χ4n) is 3.55. The van der Waals surface area contributed by atoms with Gasteiger partial charge in [0.15, 0.2) is 11.3 Å². The van der Waals surface area contributed by atoms with Gasteiger partial charge in [-0.05, 0) is 32.0 Å². The van der Waals surface area contributed by atoms with E-state index in [0.717, 1.165) is 16.3 Å². The normalized spacial score (nSPS) is 12.0. The largest absolute Gasteiger partial charge is 0.490 e. The number of nitrogens with zero attached hydrogens (tertiary/aromatic N) is 1. The summed E-state index contributed by atoms with van der Waals surface area (Å²) in [5, 5.41) is 4.45. The summed E-state index contributed by atoms with van der Waals surface area (Å²) in [6.45, 7) is 4.23. The molecule has 2 heterocycles. The summed E-state index contributed by atoms with van der Waals surface area (Å²) in [5.74, 6) is 0.840. The second-order valence-electron chi connectivity index (χ2n) is 7.20. The predicted molar refractivity (Wildman–Crippen MR) is 118 cm³/mol. The van der Waals surface area contributed by atoms with Crippen LogP contribution < -0.4 is 20.9 Å². The second kappa shape index (κ2) is 8.43. The zero-order chi connectivity index (χ0) is 22.0. The van der Waals surface area contributed by atoms with Crippen LogP contribution in [-0.2, 0) is 7.05 Å². The summed E-state index contributed by atoms with van der Waals surface area (Å²) in [5.41, 5.74) is 6.89. The number of ether oxygens (including phenoxy) is 1. The van der Waals surface area contributed by atoms with Crippen LogP contribution >= 0.6 is 0 Å². The van der Waals surface area contributed by atoms with E-state index in [0.29, 0.717) is 29.3 Å². The van der Waals surface area contributed by atoms with E-state index in [1.54, 1.807) is 13.1 Å². The smallest absolute Gasteiger partial charge is 0.334 e. The minimum absolute atomic E-state index is 0.398. The van der Waals surface area contributed by atoms with Crippen LogP contribution in [0, 0.1) is 0 Å². The van der Waals surface area contributed by atoms with Crippen molar-refractivity contribution in [3.63, 3.8) is 0 Å². The molecule has 3 N–H and O–H groups in total. The van der Waals surface area contributed by atoms with Gasteiger partial charge in [-0.25, -0.2) is 10.2 Å². The molecular formula is C23H24N4O4. The first-order valence-corrected chi connectivity index (χ1v) is 10.0. The topological polar surface area (TPSA) is 97.5 Å². The van der Waals surface area contributed by atoms with Crippen molar-refractivity contribution in [3.8, 4) is 5.75 Å². The lowest BCUT2D eigenvalue weighted by atomic mass is 10.2. The summed E-state index contributed by atoms with van der Waals surface area (Å²) in [6, 6.07) is 14.1. The van der Waals surface area contributed by atoms with Crippen molar-refractivity contribution in [1.82, 2.24) is 20.7 Å². The van der Waals surface area contributed by atoms with E-state index < -0.39 is 18.0 Å². The van der Waals surface area contributed by atoms with Gasteiger partial charge >= 0.3 is 6.03 Å². The lowest BCUT2D eigenvalue weighted by Crippen LogP contribution is -2.47. The van der Waals surface area contributed by atoms with Crippen molar-refractivity contribution in [2.75, 3.05) is 6.61 Å². The van der Waals surface area contributed by atoms with E-state index in [-0.39, 0.29) is 0 Å². The molecule has 0 aliphatic carbocycles. The number of hydrogen-bond donors (Lipinski definition) is 3. The quantitative estimate of drug-likeness (QED) is 0.425. The van der Waals surface area contributed by atoms with Crippen molar-refractivity contribution in [2.24, 2.45) is 7.05 Å². The van der Waals surface area contributed by atoms with Crippen molar-refractivity contribution < 1.29 is 18.7 Å². The zero-order valence-electron chi connectivity index (χ0n) is 17.6. The number of aryl methyl sites for hydroxylation is 1. The van der Waals surface area contributed by atoms with Gasteiger partial charge in [0.25, 0.3) is 5.91 Å². The molecule has 0 aliphatic heterocycles. The molecule has 4 aromatic rings. The van der Waals surface area contributed by atoms with Gasteiger partial charge in [-0.15, -0.1) is 0 Å². The second-order valence-corrected chi connectivity index (χ2v) is 7.20. The first-order chi connectivity index (χ1) is 15.0. The Morgan fingerprint density at radius 3 is 2.74 bits per heavy atom. The number of hydrazine groups is 1. The molecule has 8 heteroatoms. The third kappa shape index (κ3) is 4.05. The molecule has 0 saturated heterocycles. The number of carbonyl (C=O) groups excluding carboxylic acids is 2. The number of carbonyl (C=O) groups is 2. The number of rotatable bonds is 5. The monoisotopic (exact) mass is 420 g/mol. The van der Waals surface area contributed by atoms with E-state index in [4.69, 9.17) is 9.15 Å². The van der Waals surface area contributed by atoms with Crippen molar-refractivity contribution in [1.29, 1.82) is 0 Å². The van der Waals surface area contributed by atoms with Gasteiger partial charge in [-0.2, -0.15) is 0 Å². The molecule has 1 unspecified atom stereocenters. The average molecular weight is 420 g/mol. The number of nitrogens with one attached hydrogen (secondary N) is 3. The molecule has 4 rings (SSSR count). The van der Waals surface area contributed by atoms with Crippen LogP contribution in [0.2, 0.25) is 0 Å². The standard InChI is InChI=1S/C23H24N4O4/c1-4-30-19-11-7-8-15-12-20(31-21(15)19)14(2)24-23(29)26-25-22(28)17-13-27(3)18-10-6-5-9-16(17)18/h5-14H,4H2,1-3H3,(H,25,28)(H2,24,26,29). The maximum absolute atomic E-state index is 12.5. The van der Waals surface area contributed by atoms with Crippen LogP contribution in [0.1, 0.15) is 36.0 Å². The lowest BCUT2D eigenvalue weighted by Gasteiger charge is -2.13. The average Bonchev–Trinajstić information content (AvgIpc) is 3.35. The number of hydrogen-bond acceptors (Lipinski definition) is 4. The number of benzene rings is 2. The van der Waals surface area contributed by atoms with E-state index in [2.05, 4.69) is 16.2 Å². The van der Waals surface area contributed by atoms with Crippen LogP contribution in [-0.4, -0.2) is 23.1 Å². The number of fused-ring (bicyclic) bond motifs is 2. The van der Waals surface area contributed by atoms with Gasteiger partial charge in [-0.1, -0.05) is 30.3 Å². The SMILES string of the molecule is CCOc1cccc2cc(C(C)NC(=O)NNC(=O)c3cn(C)c4ccccc34)oc12. The predicted octanol–water partition coefficient (Wildman–Crippen LogP) is 4.03. The highest BCUT2D eigenvalue weighted by Crippen LogP contribution is 2.31. The Bertz CT molecular complexity index is 1260. The van der Waals surface area contributed by atoms with Gasteiger partial charge < -0.3 is 19.0 Å². The molecule has 0 saturated carbocycles. The minimum Gasteiger partial charge on any atom is -0.490 e. The molecular weight excluding hydrogens is 396 g/mol. The van der Waals surface area contributed by atoms with Gasteiger partial charge in [0, 0.05) is 29.5 Å². The Labute approximate surface area is 179 Å². The number of furan rings is 1. The lowest BCUT2D eigenvalue weighted by molar-refractivity contribution is 0.0937. The first-order valence-electron chi connectivity index (χ1n) is 10.0. The summed E-state index contributed by atoms with van der Waals surface area (Å²) in [7, 11) is 1.87. The Balaban J connectivity index is 1.40. The van der Waals surface area contributed by atoms with Crippen molar-refractivity contribution in [3.05, 3.63) is 66.1 Å². The maximum Gasteiger partial charge on any atom is 0.334 e. The third-order valence-electron chi connectivity index (χ3n) is 5.03. The molecule has 0 radical (unpaired) electrons. The highest BCUT2D eigenvalue weighted by atomic mass is 16.5. The third-order valence-corrected chi connectivity index (χ3v) is 5.03. The Kier molecular flexibility index (Phi) is 5.53. The molecule has 160 valence electrons. The molecule has 0 fully saturated rings. The molecule has 1 atom stereocenters. The van der Waals surface area contributed by atoms with E-state index >= 15 is 0 Å². The molecule has 0 spiro atoms. The molecule has 31 heavy (non-hydrogen) atoms. The Morgan fingerprint density at radius 1 is 1.13 bits per heavy atom. The van der Waals surface area contributed by atoms with Crippen LogP contribution in [0.3, 0.4) is 0 Å². The highest BCUT2D eigenvalue weighted by molar-refractivity contribution is 6.07. The highest BCUT2D eigenvalue weighted by Gasteiger charge is 2.18. The minimum atomic E-state index is -0.549.